The molecule has 1 unspecified atom stereocenters. The minimum atomic E-state index is -0.415. The maximum absolute atomic E-state index is 12.3. The number of amides is 3. The van der Waals surface area contributed by atoms with E-state index in [4.69, 9.17) is 11.6 Å². The highest BCUT2D eigenvalue weighted by Gasteiger charge is 2.28. The van der Waals surface area contributed by atoms with Crippen LogP contribution in [-0.4, -0.2) is 45.8 Å². The van der Waals surface area contributed by atoms with Crippen LogP contribution >= 0.6 is 11.6 Å². The second kappa shape index (κ2) is 7.99. The molecule has 0 aliphatic carbocycles. The SMILES string of the molecule is CCC1C(=O)N=C(n2nc(C(C)(C)C)cc2NC(=O)NCCCl)N=C1C. The van der Waals surface area contributed by atoms with Crippen molar-refractivity contribution in [3.8, 4) is 0 Å². The number of carbonyl (C=O) groups is 2. The molecule has 1 aromatic heterocycles. The van der Waals surface area contributed by atoms with Crippen LogP contribution in [0.4, 0.5) is 10.6 Å². The van der Waals surface area contributed by atoms with Crippen molar-refractivity contribution in [1.29, 1.82) is 0 Å². The zero-order valence-corrected chi connectivity index (χ0v) is 16.5. The van der Waals surface area contributed by atoms with E-state index in [1.54, 1.807) is 13.0 Å². The predicted octanol–water partition coefficient (Wildman–Crippen LogP) is 2.77. The highest BCUT2D eigenvalue weighted by Crippen LogP contribution is 2.25. The van der Waals surface area contributed by atoms with Crippen LogP contribution in [0.3, 0.4) is 0 Å². The fourth-order valence-corrected chi connectivity index (χ4v) is 2.59. The number of rotatable bonds is 4. The fraction of sp³-hybridized carbons (Fsp3) is 0.588. The second-order valence-electron chi connectivity index (χ2n) is 7.11. The summed E-state index contributed by atoms with van der Waals surface area (Å²) in [5.74, 6) is 0.295. The number of alkyl halides is 1. The molecule has 2 N–H and O–H groups in total. The van der Waals surface area contributed by atoms with E-state index < -0.39 is 6.03 Å². The maximum Gasteiger partial charge on any atom is 0.320 e. The molecule has 1 aliphatic rings. The summed E-state index contributed by atoms with van der Waals surface area (Å²) in [6, 6.07) is 1.34. The van der Waals surface area contributed by atoms with Crippen molar-refractivity contribution < 1.29 is 9.59 Å². The number of anilines is 1. The first-order valence-electron chi connectivity index (χ1n) is 8.56. The summed E-state index contributed by atoms with van der Waals surface area (Å²) in [5.41, 5.74) is 1.18. The number of aromatic nitrogens is 2. The largest absolute Gasteiger partial charge is 0.337 e. The summed E-state index contributed by atoms with van der Waals surface area (Å²) >= 11 is 5.59. The lowest BCUT2D eigenvalue weighted by Gasteiger charge is -2.17. The van der Waals surface area contributed by atoms with Gasteiger partial charge in [-0.2, -0.15) is 14.8 Å². The van der Waals surface area contributed by atoms with Crippen LogP contribution in [0.1, 0.15) is 46.7 Å². The van der Waals surface area contributed by atoms with Gasteiger partial charge in [-0.15, -0.1) is 11.6 Å². The lowest BCUT2D eigenvalue weighted by Crippen LogP contribution is -2.33. The molecule has 0 bridgehead atoms. The van der Waals surface area contributed by atoms with Crippen LogP contribution in [-0.2, 0) is 10.2 Å². The van der Waals surface area contributed by atoms with Gasteiger partial charge in [-0.1, -0.05) is 27.7 Å². The highest BCUT2D eigenvalue weighted by atomic mass is 35.5. The molecule has 1 atom stereocenters. The van der Waals surface area contributed by atoms with Crippen molar-refractivity contribution in [2.75, 3.05) is 17.7 Å². The molecule has 0 saturated heterocycles. The number of halogens is 1. The molecule has 142 valence electrons. The zero-order valence-electron chi connectivity index (χ0n) is 15.8. The zero-order chi connectivity index (χ0) is 19.5. The molecule has 0 saturated carbocycles. The molecule has 2 rings (SSSR count). The van der Waals surface area contributed by atoms with E-state index in [1.165, 1.54) is 4.68 Å². The maximum atomic E-state index is 12.3. The molecule has 0 radical (unpaired) electrons. The number of hydrogen-bond acceptors (Lipinski definition) is 4. The number of nitrogens with zero attached hydrogens (tertiary/aromatic N) is 4. The summed E-state index contributed by atoms with van der Waals surface area (Å²) in [6.07, 6.45) is 0.642. The Morgan fingerprint density at radius 1 is 1.35 bits per heavy atom. The Hall–Kier alpha value is -2.22. The van der Waals surface area contributed by atoms with Gasteiger partial charge in [0, 0.05) is 29.6 Å². The number of nitrogens with one attached hydrogen (secondary N) is 2. The van der Waals surface area contributed by atoms with E-state index in [2.05, 4.69) is 25.7 Å². The van der Waals surface area contributed by atoms with Gasteiger partial charge in [-0.25, -0.2) is 9.79 Å². The highest BCUT2D eigenvalue weighted by molar-refractivity contribution is 6.18. The first-order chi connectivity index (χ1) is 12.2. The number of carbonyl (C=O) groups excluding carboxylic acids is 2. The van der Waals surface area contributed by atoms with Crippen molar-refractivity contribution in [3.05, 3.63) is 11.8 Å². The van der Waals surface area contributed by atoms with Crippen LogP contribution < -0.4 is 10.6 Å². The topological polar surface area (TPSA) is 101 Å². The third-order valence-corrected chi connectivity index (χ3v) is 4.18. The smallest absolute Gasteiger partial charge is 0.320 e. The number of hydrogen-bond donors (Lipinski definition) is 2. The van der Waals surface area contributed by atoms with Crippen LogP contribution in [0.25, 0.3) is 0 Å². The van der Waals surface area contributed by atoms with Gasteiger partial charge in [0.2, 0.25) is 0 Å². The van der Waals surface area contributed by atoms with Crippen molar-refractivity contribution in [2.45, 2.75) is 46.5 Å². The van der Waals surface area contributed by atoms with Crippen molar-refractivity contribution in [2.24, 2.45) is 15.9 Å². The molecule has 1 aliphatic heterocycles. The average molecular weight is 381 g/mol. The molecule has 2 heterocycles. The van der Waals surface area contributed by atoms with Crippen LogP contribution in [0.5, 0.6) is 0 Å². The van der Waals surface area contributed by atoms with Crippen molar-refractivity contribution >= 4 is 41.0 Å². The fourth-order valence-electron chi connectivity index (χ4n) is 2.49. The van der Waals surface area contributed by atoms with Crippen molar-refractivity contribution in [1.82, 2.24) is 15.1 Å². The summed E-state index contributed by atoms with van der Waals surface area (Å²) in [4.78, 5) is 32.8. The van der Waals surface area contributed by atoms with E-state index in [1.807, 2.05) is 27.7 Å². The third kappa shape index (κ3) is 4.49. The minimum Gasteiger partial charge on any atom is -0.337 e. The van der Waals surface area contributed by atoms with E-state index in [9.17, 15) is 9.59 Å². The van der Waals surface area contributed by atoms with Gasteiger partial charge >= 0.3 is 6.03 Å². The van der Waals surface area contributed by atoms with Gasteiger partial charge < -0.3 is 5.32 Å². The second-order valence-corrected chi connectivity index (χ2v) is 7.49. The number of urea groups is 1. The molecule has 1 aromatic rings. The van der Waals surface area contributed by atoms with Gasteiger partial charge in [0.25, 0.3) is 11.9 Å². The van der Waals surface area contributed by atoms with Crippen LogP contribution in [0.15, 0.2) is 16.1 Å². The molecule has 0 aromatic carbocycles. The molecule has 26 heavy (non-hydrogen) atoms. The van der Waals surface area contributed by atoms with E-state index in [0.717, 1.165) is 5.69 Å². The predicted molar refractivity (Wildman–Crippen MR) is 103 cm³/mol. The van der Waals surface area contributed by atoms with Crippen LogP contribution in [0, 0.1) is 5.92 Å². The quantitative estimate of drug-likeness (QED) is 0.785. The van der Waals surface area contributed by atoms with Gasteiger partial charge in [-0.3, -0.25) is 10.1 Å². The van der Waals surface area contributed by atoms with Gasteiger partial charge in [0.15, 0.2) is 0 Å². The molecule has 9 heteroatoms. The lowest BCUT2D eigenvalue weighted by atomic mass is 9.92. The first kappa shape index (κ1) is 20.1. The summed E-state index contributed by atoms with van der Waals surface area (Å²) < 4.78 is 1.40. The monoisotopic (exact) mass is 380 g/mol. The molecule has 0 spiro atoms. The Kier molecular flexibility index (Phi) is 6.17. The number of aliphatic imine (C=N–C) groups is 2. The van der Waals surface area contributed by atoms with Gasteiger partial charge in [0.1, 0.15) is 5.82 Å². The Balaban J connectivity index is 2.42. The molecular formula is C17H25ClN6O2. The summed E-state index contributed by atoms with van der Waals surface area (Å²) in [7, 11) is 0. The summed E-state index contributed by atoms with van der Waals surface area (Å²) in [6.45, 7) is 10.1. The average Bonchev–Trinajstić information content (AvgIpc) is 2.96. The molecule has 3 amide bonds. The molecule has 8 nitrogen and oxygen atoms in total. The van der Waals surface area contributed by atoms with E-state index in [-0.39, 0.29) is 23.2 Å². The molecular weight excluding hydrogens is 356 g/mol. The van der Waals surface area contributed by atoms with Crippen LogP contribution in [0.2, 0.25) is 0 Å². The standard InChI is InChI=1S/C17H25ClN6O2/c1-6-11-10(2)20-15(22-14(11)25)24-13(21-16(26)19-8-7-18)9-12(23-24)17(3,4)5/h9,11H,6-8H2,1-5H3,(H2,19,21,26). The van der Waals surface area contributed by atoms with E-state index in [0.29, 0.717) is 30.4 Å². The Labute approximate surface area is 158 Å². The molecule has 0 fully saturated rings. The third-order valence-electron chi connectivity index (χ3n) is 3.99. The Bertz CT molecular complexity index is 760. The van der Waals surface area contributed by atoms with Crippen molar-refractivity contribution in [3.63, 3.8) is 0 Å². The summed E-state index contributed by atoms with van der Waals surface area (Å²) in [5, 5.41) is 9.86. The minimum absolute atomic E-state index is 0.153. The Morgan fingerprint density at radius 3 is 2.58 bits per heavy atom. The van der Waals surface area contributed by atoms with Gasteiger partial charge in [0.05, 0.1) is 11.6 Å². The van der Waals surface area contributed by atoms with Gasteiger partial charge in [-0.05, 0) is 13.3 Å². The Morgan fingerprint density at radius 2 is 2.04 bits per heavy atom. The lowest BCUT2D eigenvalue weighted by molar-refractivity contribution is -0.119. The first-order valence-corrected chi connectivity index (χ1v) is 9.10. The normalized spacial score (nSPS) is 17.6. The van der Waals surface area contributed by atoms with E-state index >= 15 is 0 Å².